The topological polar surface area (TPSA) is 9.23 Å². The van der Waals surface area contributed by atoms with Crippen molar-refractivity contribution in [3.05, 3.63) is 99.6 Å². The molecule has 1 fully saturated rings. The Kier molecular flexibility index (Phi) is 8.34. The van der Waals surface area contributed by atoms with Crippen LogP contribution >= 0.6 is 0 Å². The van der Waals surface area contributed by atoms with E-state index in [2.05, 4.69) is 34.6 Å². The molecule has 0 unspecified atom stereocenters. The number of hydrogen-bond donors (Lipinski definition) is 0. The maximum absolute atomic E-state index is 15.1. The largest absolute Gasteiger partial charge is 0.429 e. The first-order chi connectivity index (χ1) is 18.0. The zero-order valence-electron chi connectivity index (χ0n) is 22.8. The van der Waals surface area contributed by atoms with E-state index in [1.807, 2.05) is 12.1 Å². The molecule has 0 spiro atoms. The first-order valence-corrected chi connectivity index (χ1v) is 13.3. The lowest BCUT2D eigenvalue weighted by Crippen LogP contribution is -2.21. The third kappa shape index (κ3) is 5.98. The number of benzene rings is 3. The second kappa shape index (κ2) is 11.3. The van der Waals surface area contributed by atoms with Gasteiger partial charge in [-0.1, -0.05) is 24.3 Å². The molecule has 0 saturated heterocycles. The van der Waals surface area contributed by atoms with E-state index in [1.165, 1.54) is 39.9 Å². The summed E-state index contributed by atoms with van der Waals surface area (Å²) in [6.07, 6.45) is -0.0538. The average molecular weight is 525 g/mol. The molecule has 0 radical (unpaired) electrons. The smallest absolute Gasteiger partial charge is 0.426 e. The van der Waals surface area contributed by atoms with Crippen molar-refractivity contribution in [3.63, 3.8) is 0 Å². The Labute approximate surface area is 223 Å². The summed E-state index contributed by atoms with van der Waals surface area (Å²) in [6, 6.07) is 13.2. The summed E-state index contributed by atoms with van der Waals surface area (Å²) in [5.41, 5.74) is 8.93. The number of rotatable bonds is 7. The van der Waals surface area contributed by atoms with Gasteiger partial charge in [0.15, 0.2) is 0 Å². The molecule has 5 heteroatoms. The Balaban J connectivity index is 1.43. The van der Waals surface area contributed by atoms with E-state index in [-0.39, 0.29) is 17.2 Å². The minimum Gasteiger partial charge on any atom is -0.429 e. The molecule has 0 heterocycles. The molecular formula is C33H36F4O. The third-order valence-electron chi connectivity index (χ3n) is 8.56. The van der Waals surface area contributed by atoms with Crippen molar-refractivity contribution in [1.82, 2.24) is 0 Å². The Bertz CT molecular complexity index is 1270. The lowest BCUT2D eigenvalue weighted by Gasteiger charge is -2.28. The fourth-order valence-electron chi connectivity index (χ4n) is 5.77. The maximum atomic E-state index is 15.1. The van der Waals surface area contributed by atoms with Crippen molar-refractivity contribution in [3.8, 4) is 16.9 Å². The van der Waals surface area contributed by atoms with Gasteiger partial charge in [-0.15, -0.1) is 0 Å². The van der Waals surface area contributed by atoms with E-state index < -0.39 is 12.2 Å². The summed E-state index contributed by atoms with van der Waals surface area (Å²) in [4.78, 5) is 0. The number of halogens is 4. The van der Waals surface area contributed by atoms with Crippen LogP contribution in [0.25, 0.3) is 11.1 Å². The summed E-state index contributed by atoms with van der Waals surface area (Å²) in [5.74, 6) is 0.706. The Morgan fingerprint density at radius 1 is 0.763 bits per heavy atom. The van der Waals surface area contributed by atoms with Gasteiger partial charge in [-0.05, 0) is 153 Å². The summed E-state index contributed by atoms with van der Waals surface area (Å²) in [6.45, 7) is 10.5. The molecule has 0 N–H and O–H groups in total. The lowest BCUT2D eigenvalue weighted by molar-refractivity contribution is -0.185. The minimum atomic E-state index is -3.47. The first-order valence-electron chi connectivity index (χ1n) is 13.3. The van der Waals surface area contributed by atoms with Gasteiger partial charge in [0, 0.05) is 0 Å². The number of allylic oxidation sites excluding steroid dienone is 1. The molecule has 0 bridgehead atoms. The van der Waals surface area contributed by atoms with Crippen LogP contribution in [0.5, 0.6) is 5.75 Å². The molecule has 38 heavy (non-hydrogen) atoms. The van der Waals surface area contributed by atoms with Gasteiger partial charge in [0.2, 0.25) is 0 Å². The van der Waals surface area contributed by atoms with Gasteiger partial charge in [0.1, 0.15) is 5.75 Å². The van der Waals surface area contributed by atoms with Crippen molar-refractivity contribution in [1.29, 1.82) is 0 Å². The monoisotopic (exact) mass is 524 g/mol. The van der Waals surface area contributed by atoms with E-state index in [1.54, 1.807) is 24.3 Å². The van der Waals surface area contributed by atoms with Gasteiger partial charge in [-0.2, -0.15) is 17.6 Å². The van der Waals surface area contributed by atoms with Crippen LogP contribution in [0.1, 0.15) is 77.0 Å². The van der Waals surface area contributed by atoms with E-state index in [0.717, 1.165) is 48.4 Å². The van der Waals surface area contributed by atoms with Crippen LogP contribution < -0.4 is 4.74 Å². The normalized spacial score (nSPS) is 17.8. The van der Waals surface area contributed by atoms with Gasteiger partial charge in [-0.25, -0.2) is 0 Å². The lowest BCUT2D eigenvalue weighted by atomic mass is 9.77. The van der Waals surface area contributed by atoms with Crippen LogP contribution in [0.15, 0.2) is 60.7 Å². The highest BCUT2D eigenvalue weighted by Crippen LogP contribution is 2.40. The maximum Gasteiger partial charge on any atom is 0.426 e. The fourth-order valence-corrected chi connectivity index (χ4v) is 5.77. The van der Waals surface area contributed by atoms with Crippen molar-refractivity contribution >= 4 is 0 Å². The fraction of sp³-hybridized carbons (Fsp3) is 0.394. The van der Waals surface area contributed by atoms with E-state index in [0.29, 0.717) is 12.3 Å². The Morgan fingerprint density at radius 2 is 1.29 bits per heavy atom. The SMILES string of the molecule is Cc1c(C)c(C)c(-c2ccc(C(F)(F)Oc3ccc(C4CCC(CC=C(F)F)CC4)cc3)cc2)c(C)c1C. The molecule has 0 aliphatic heterocycles. The number of hydrogen-bond acceptors (Lipinski definition) is 1. The van der Waals surface area contributed by atoms with Crippen LogP contribution in [-0.2, 0) is 6.11 Å². The second-order valence-corrected chi connectivity index (χ2v) is 10.7. The summed E-state index contributed by atoms with van der Waals surface area (Å²) in [5, 5.41) is 0. The van der Waals surface area contributed by atoms with Crippen LogP contribution in [0.3, 0.4) is 0 Å². The van der Waals surface area contributed by atoms with Crippen LogP contribution in [-0.4, -0.2) is 0 Å². The van der Waals surface area contributed by atoms with Crippen LogP contribution in [0.4, 0.5) is 17.6 Å². The zero-order valence-corrected chi connectivity index (χ0v) is 22.8. The van der Waals surface area contributed by atoms with Crippen LogP contribution in [0, 0.1) is 40.5 Å². The van der Waals surface area contributed by atoms with Crippen molar-refractivity contribution in [2.75, 3.05) is 0 Å². The molecule has 1 aliphatic carbocycles. The molecule has 1 saturated carbocycles. The molecule has 202 valence electrons. The highest BCUT2D eigenvalue weighted by atomic mass is 19.3. The van der Waals surface area contributed by atoms with Gasteiger partial charge in [0.25, 0.3) is 6.08 Å². The standard InChI is InChI=1S/C33H36F4O/c1-20-21(2)23(4)32(24(5)22(20)3)28-11-15-29(16-12-28)33(36,37)38-30-17-13-27(14-18-30)26-9-6-25(7-10-26)8-19-31(34)35/h11-19,25-26H,6-10H2,1-5H3. The molecule has 1 nitrogen and oxygen atoms in total. The Morgan fingerprint density at radius 3 is 1.82 bits per heavy atom. The molecule has 3 aromatic carbocycles. The van der Waals surface area contributed by atoms with Crippen molar-refractivity contribution in [2.45, 2.75) is 78.7 Å². The number of ether oxygens (including phenoxy) is 1. The number of alkyl halides is 2. The van der Waals surface area contributed by atoms with E-state index in [9.17, 15) is 8.78 Å². The van der Waals surface area contributed by atoms with Gasteiger partial charge >= 0.3 is 6.11 Å². The third-order valence-corrected chi connectivity index (χ3v) is 8.56. The minimum absolute atomic E-state index is 0.108. The van der Waals surface area contributed by atoms with E-state index >= 15 is 8.78 Å². The first kappa shape index (κ1) is 27.9. The zero-order chi connectivity index (χ0) is 27.6. The Hall–Kier alpha value is -3.08. The molecule has 0 amide bonds. The summed E-state index contributed by atoms with van der Waals surface area (Å²) < 4.78 is 60.0. The molecule has 3 aromatic rings. The molecule has 0 atom stereocenters. The summed E-state index contributed by atoms with van der Waals surface area (Å²) in [7, 11) is 0. The van der Waals surface area contributed by atoms with Gasteiger partial charge < -0.3 is 4.74 Å². The van der Waals surface area contributed by atoms with Gasteiger partial charge in [0.05, 0.1) is 5.56 Å². The van der Waals surface area contributed by atoms with Gasteiger partial charge in [-0.3, -0.25) is 0 Å². The second-order valence-electron chi connectivity index (χ2n) is 10.7. The van der Waals surface area contributed by atoms with Crippen LogP contribution in [0.2, 0.25) is 0 Å². The average Bonchev–Trinajstić information content (AvgIpc) is 2.90. The predicted octanol–water partition coefficient (Wildman–Crippen LogP) is 10.5. The summed E-state index contributed by atoms with van der Waals surface area (Å²) >= 11 is 0. The van der Waals surface area contributed by atoms with Crippen molar-refractivity contribution < 1.29 is 22.3 Å². The quantitative estimate of drug-likeness (QED) is 0.279. The highest BCUT2D eigenvalue weighted by Gasteiger charge is 2.34. The molecule has 0 aromatic heterocycles. The molecule has 4 rings (SSSR count). The predicted molar refractivity (Wildman–Crippen MR) is 146 cm³/mol. The molecule has 1 aliphatic rings. The highest BCUT2D eigenvalue weighted by molar-refractivity contribution is 5.74. The molecular weight excluding hydrogens is 488 g/mol. The van der Waals surface area contributed by atoms with E-state index in [4.69, 9.17) is 4.74 Å². The van der Waals surface area contributed by atoms with Crippen molar-refractivity contribution in [2.24, 2.45) is 5.92 Å².